The summed E-state index contributed by atoms with van der Waals surface area (Å²) >= 11 is 5.88. The molecule has 0 saturated carbocycles. The molecule has 0 radical (unpaired) electrons. The lowest BCUT2D eigenvalue weighted by Crippen LogP contribution is -2.24. The van der Waals surface area contributed by atoms with Gasteiger partial charge in [-0.15, -0.1) is 11.6 Å². The Hall–Kier alpha value is -0.440. The monoisotopic (exact) mass is 264 g/mol. The molecule has 0 aliphatic heterocycles. The summed E-state index contributed by atoms with van der Waals surface area (Å²) in [6.45, 7) is 3.98. The highest BCUT2D eigenvalue weighted by Crippen LogP contribution is 2.16. The van der Waals surface area contributed by atoms with Gasteiger partial charge in [-0.25, -0.2) is 4.79 Å². The van der Waals surface area contributed by atoms with Crippen molar-refractivity contribution in [2.24, 2.45) is 0 Å². The van der Waals surface area contributed by atoms with E-state index in [9.17, 15) is 4.79 Å². The zero-order chi connectivity index (χ0) is 13.1. The lowest BCUT2D eigenvalue weighted by atomic mass is 10.1. The molecule has 3 nitrogen and oxygen atoms in total. The molecule has 0 aromatic heterocycles. The van der Waals surface area contributed by atoms with E-state index in [1.54, 1.807) is 6.92 Å². The number of carbonyl (C=O) groups is 1. The second-order valence-electron chi connectivity index (χ2n) is 4.51. The first kappa shape index (κ1) is 16.6. The Morgan fingerprint density at radius 2 is 1.71 bits per heavy atom. The normalized spacial score (nSPS) is 14.3. The summed E-state index contributed by atoms with van der Waals surface area (Å²) in [5, 5.41) is 8.29. The van der Waals surface area contributed by atoms with Crippen LogP contribution < -0.4 is 0 Å². The maximum Gasteiger partial charge on any atom is 0.506 e. The van der Waals surface area contributed by atoms with E-state index in [1.165, 1.54) is 32.1 Å². The molecule has 0 fully saturated rings. The van der Waals surface area contributed by atoms with Gasteiger partial charge >= 0.3 is 6.16 Å². The summed E-state index contributed by atoms with van der Waals surface area (Å²) in [5.74, 6) is 0. The predicted octanol–water partition coefficient (Wildman–Crippen LogP) is 4.82. The van der Waals surface area contributed by atoms with Crippen LogP contribution in [0.4, 0.5) is 4.79 Å². The van der Waals surface area contributed by atoms with Crippen molar-refractivity contribution in [1.29, 1.82) is 0 Å². The maximum atomic E-state index is 10.4. The molecule has 0 bridgehead atoms. The third kappa shape index (κ3) is 10.4. The van der Waals surface area contributed by atoms with Crippen molar-refractivity contribution in [2.45, 2.75) is 76.7 Å². The number of alkyl halides is 1. The second-order valence-corrected chi connectivity index (χ2v) is 5.20. The van der Waals surface area contributed by atoms with Crippen LogP contribution in [0.5, 0.6) is 0 Å². The highest BCUT2D eigenvalue weighted by atomic mass is 35.5. The Bertz CT molecular complexity index is 195. The minimum atomic E-state index is -1.23. The molecule has 17 heavy (non-hydrogen) atoms. The molecular formula is C13H25ClO3. The number of hydrogen-bond acceptors (Lipinski definition) is 2. The van der Waals surface area contributed by atoms with Crippen molar-refractivity contribution in [2.75, 3.05) is 0 Å². The Morgan fingerprint density at radius 3 is 2.18 bits per heavy atom. The van der Waals surface area contributed by atoms with Crippen LogP contribution in [0.1, 0.15) is 65.2 Å². The molecule has 0 spiro atoms. The van der Waals surface area contributed by atoms with Gasteiger partial charge in [0.05, 0.1) is 5.38 Å². The molecule has 2 unspecified atom stereocenters. The van der Waals surface area contributed by atoms with Crippen LogP contribution in [-0.2, 0) is 4.74 Å². The molecule has 0 aromatic rings. The van der Waals surface area contributed by atoms with Gasteiger partial charge in [0.2, 0.25) is 0 Å². The fourth-order valence-electron chi connectivity index (χ4n) is 1.81. The van der Waals surface area contributed by atoms with Crippen LogP contribution in [0, 0.1) is 0 Å². The summed E-state index contributed by atoms with van der Waals surface area (Å²) in [6, 6.07) is 0. The third-order valence-corrected chi connectivity index (χ3v) is 3.14. The first-order valence-corrected chi connectivity index (χ1v) is 7.05. The van der Waals surface area contributed by atoms with Gasteiger partial charge in [-0.05, 0) is 19.8 Å². The van der Waals surface area contributed by atoms with Gasteiger partial charge in [-0.3, -0.25) is 0 Å². The van der Waals surface area contributed by atoms with Crippen molar-refractivity contribution < 1.29 is 14.6 Å². The number of hydrogen-bond donors (Lipinski definition) is 1. The van der Waals surface area contributed by atoms with Crippen LogP contribution in [0.15, 0.2) is 0 Å². The summed E-state index contributed by atoms with van der Waals surface area (Å²) in [4.78, 5) is 10.4. The molecule has 2 atom stereocenters. The molecule has 0 heterocycles. The average molecular weight is 265 g/mol. The van der Waals surface area contributed by atoms with E-state index in [-0.39, 0.29) is 11.5 Å². The summed E-state index contributed by atoms with van der Waals surface area (Å²) in [6.07, 6.45) is 7.61. The molecule has 0 aromatic carbocycles. The Morgan fingerprint density at radius 1 is 1.18 bits per heavy atom. The van der Waals surface area contributed by atoms with Crippen molar-refractivity contribution in [3.63, 3.8) is 0 Å². The Balaban J connectivity index is 3.51. The first-order chi connectivity index (χ1) is 8.07. The predicted molar refractivity (Wildman–Crippen MR) is 70.8 cm³/mol. The molecule has 0 rings (SSSR count). The van der Waals surface area contributed by atoms with E-state index in [4.69, 9.17) is 21.4 Å². The van der Waals surface area contributed by atoms with Crippen LogP contribution in [0.3, 0.4) is 0 Å². The molecule has 0 aliphatic rings. The molecular weight excluding hydrogens is 240 g/mol. The fraction of sp³-hybridized carbons (Fsp3) is 0.923. The highest BCUT2D eigenvalue weighted by Gasteiger charge is 2.18. The molecule has 0 aliphatic carbocycles. The Kier molecular flexibility index (Phi) is 10.4. The Labute approximate surface area is 109 Å². The zero-order valence-electron chi connectivity index (χ0n) is 11.0. The fourth-order valence-corrected chi connectivity index (χ4v) is 1.99. The molecule has 0 amide bonds. The lowest BCUT2D eigenvalue weighted by Gasteiger charge is -2.17. The minimum absolute atomic E-state index is 0.258. The van der Waals surface area contributed by atoms with Gasteiger partial charge in [-0.2, -0.15) is 0 Å². The van der Waals surface area contributed by atoms with Gasteiger partial charge in [-0.1, -0.05) is 45.4 Å². The number of unbranched alkanes of at least 4 members (excludes halogenated alkanes) is 6. The van der Waals surface area contributed by atoms with Crippen molar-refractivity contribution in [1.82, 2.24) is 0 Å². The maximum absolute atomic E-state index is 10.4. The molecule has 4 heteroatoms. The summed E-state index contributed by atoms with van der Waals surface area (Å²) in [7, 11) is 0. The topological polar surface area (TPSA) is 46.5 Å². The standard InChI is InChI=1S/C13H25ClO3/c1-3-4-5-6-7-8-9-10-12(11(2)14)17-13(15)16/h11-12H,3-10H2,1-2H3,(H,15,16). The number of carboxylic acid groups (broad SMARTS) is 1. The molecule has 1 N–H and O–H groups in total. The number of rotatable bonds is 10. The largest absolute Gasteiger partial charge is 0.506 e. The van der Waals surface area contributed by atoms with Crippen LogP contribution in [-0.4, -0.2) is 22.7 Å². The average Bonchev–Trinajstić information content (AvgIpc) is 2.25. The highest BCUT2D eigenvalue weighted by molar-refractivity contribution is 6.20. The quantitative estimate of drug-likeness (QED) is 0.350. The van der Waals surface area contributed by atoms with E-state index in [0.717, 1.165) is 19.3 Å². The van der Waals surface area contributed by atoms with E-state index < -0.39 is 6.16 Å². The second kappa shape index (κ2) is 10.7. The van der Waals surface area contributed by atoms with E-state index in [1.807, 2.05) is 0 Å². The summed E-state index contributed by atoms with van der Waals surface area (Å²) < 4.78 is 4.74. The molecule has 102 valence electrons. The number of ether oxygens (including phenoxy) is 1. The van der Waals surface area contributed by atoms with Crippen LogP contribution in [0.2, 0.25) is 0 Å². The smallest absolute Gasteiger partial charge is 0.450 e. The first-order valence-electron chi connectivity index (χ1n) is 6.61. The van der Waals surface area contributed by atoms with E-state index in [0.29, 0.717) is 0 Å². The lowest BCUT2D eigenvalue weighted by molar-refractivity contribution is 0.0469. The van der Waals surface area contributed by atoms with Crippen molar-refractivity contribution in [3.8, 4) is 0 Å². The van der Waals surface area contributed by atoms with Gasteiger partial charge in [0.25, 0.3) is 0 Å². The van der Waals surface area contributed by atoms with Gasteiger partial charge in [0, 0.05) is 0 Å². The SMILES string of the molecule is CCCCCCCCCC(OC(=O)O)C(C)Cl. The zero-order valence-corrected chi connectivity index (χ0v) is 11.7. The van der Waals surface area contributed by atoms with E-state index in [2.05, 4.69) is 6.92 Å². The van der Waals surface area contributed by atoms with Crippen LogP contribution in [0.25, 0.3) is 0 Å². The minimum Gasteiger partial charge on any atom is -0.450 e. The van der Waals surface area contributed by atoms with Crippen molar-refractivity contribution >= 4 is 17.8 Å². The third-order valence-electron chi connectivity index (χ3n) is 2.86. The van der Waals surface area contributed by atoms with Gasteiger partial charge in [0.1, 0.15) is 6.10 Å². The van der Waals surface area contributed by atoms with Gasteiger partial charge in [0.15, 0.2) is 0 Å². The van der Waals surface area contributed by atoms with Crippen molar-refractivity contribution in [3.05, 3.63) is 0 Å². The van der Waals surface area contributed by atoms with Crippen LogP contribution >= 0.6 is 11.6 Å². The van der Waals surface area contributed by atoms with E-state index >= 15 is 0 Å². The summed E-state index contributed by atoms with van der Waals surface area (Å²) in [5.41, 5.74) is 0. The van der Waals surface area contributed by atoms with Gasteiger partial charge < -0.3 is 9.84 Å². The molecule has 0 saturated heterocycles. The number of halogens is 1.